The zero-order chi connectivity index (χ0) is 18.2. The second kappa shape index (κ2) is 6.59. The number of carbonyl (C=O) groups is 2. The number of aromatic nitrogens is 1. The van der Waals surface area contributed by atoms with Gasteiger partial charge in [0.2, 0.25) is 0 Å². The predicted octanol–water partition coefficient (Wildman–Crippen LogP) is 0.935. The van der Waals surface area contributed by atoms with E-state index in [1.54, 1.807) is 29.3 Å². The molecule has 1 atom stereocenters. The van der Waals surface area contributed by atoms with Crippen LogP contribution in [0.1, 0.15) is 19.3 Å². The van der Waals surface area contributed by atoms with Crippen LogP contribution in [0.2, 0.25) is 0 Å². The van der Waals surface area contributed by atoms with Gasteiger partial charge in [-0.05, 0) is 31.4 Å². The van der Waals surface area contributed by atoms with Crippen LogP contribution in [0.3, 0.4) is 0 Å². The second-order valence-corrected chi connectivity index (χ2v) is 7.24. The number of nitrogens with zero attached hydrogens (tertiary/aromatic N) is 3. The van der Waals surface area contributed by atoms with Gasteiger partial charge in [-0.1, -0.05) is 6.07 Å². The van der Waals surface area contributed by atoms with E-state index in [1.165, 1.54) is 4.90 Å². The zero-order valence-electron chi connectivity index (χ0n) is 14.5. The largest absolute Gasteiger partial charge is 0.376 e. The Hall–Kier alpha value is -2.06. The molecule has 2 amide bonds. The average Bonchev–Trinajstić information content (AvgIpc) is 2.85. The summed E-state index contributed by atoms with van der Waals surface area (Å²) in [7, 11) is 0. The molecule has 1 unspecified atom stereocenters. The number of pyridine rings is 1. The fourth-order valence-electron chi connectivity index (χ4n) is 3.68. The van der Waals surface area contributed by atoms with Crippen molar-refractivity contribution < 1.29 is 23.5 Å². The molecule has 3 aliphatic rings. The van der Waals surface area contributed by atoms with Gasteiger partial charge in [0.25, 0.3) is 11.8 Å². The molecule has 3 fully saturated rings. The fraction of sp³-hybridized carbons (Fsp3) is 0.611. The molecule has 2 aliphatic heterocycles. The summed E-state index contributed by atoms with van der Waals surface area (Å²) in [6.07, 6.45) is 2.90. The van der Waals surface area contributed by atoms with E-state index in [9.17, 15) is 14.0 Å². The molecule has 26 heavy (non-hydrogen) atoms. The molecule has 0 bridgehead atoms. The third kappa shape index (κ3) is 3.07. The maximum absolute atomic E-state index is 14.6. The molecule has 1 aliphatic carbocycles. The standard InChI is InChI=1S/C18H22FN3O4/c19-18(5-3-6-18)16(24)21-8-9-25-13-17(11-21)12-22(15(23)10-26-17)14-4-1-2-7-20-14/h1-2,4,7H,3,5-6,8-13H2. The number of hydrogen-bond donors (Lipinski definition) is 0. The maximum Gasteiger partial charge on any atom is 0.260 e. The summed E-state index contributed by atoms with van der Waals surface area (Å²) < 4.78 is 26.1. The van der Waals surface area contributed by atoms with Crippen LogP contribution in [0.25, 0.3) is 0 Å². The number of amides is 2. The normalized spacial score (nSPS) is 28.6. The highest BCUT2D eigenvalue weighted by molar-refractivity contribution is 5.94. The third-order valence-corrected chi connectivity index (χ3v) is 5.34. The van der Waals surface area contributed by atoms with Crippen molar-refractivity contribution in [1.29, 1.82) is 0 Å². The zero-order valence-corrected chi connectivity index (χ0v) is 14.5. The van der Waals surface area contributed by atoms with Crippen molar-refractivity contribution in [3.8, 4) is 0 Å². The summed E-state index contributed by atoms with van der Waals surface area (Å²) in [6.45, 7) is 1.19. The van der Waals surface area contributed by atoms with Gasteiger partial charge in [0.1, 0.15) is 18.0 Å². The van der Waals surface area contributed by atoms with Gasteiger partial charge in [0, 0.05) is 12.7 Å². The van der Waals surface area contributed by atoms with E-state index in [0.29, 0.717) is 19.0 Å². The molecule has 0 aromatic carbocycles. The molecule has 8 heteroatoms. The summed E-state index contributed by atoms with van der Waals surface area (Å²) >= 11 is 0. The van der Waals surface area contributed by atoms with E-state index in [-0.39, 0.29) is 45.1 Å². The number of ether oxygens (including phenoxy) is 2. The first-order chi connectivity index (χ1) is 12.5. The van der Waals surface area contributed by atoms with Crippen molar-refractivity contribution in [2.24, 2.45) is 0 Å². The number of alkyl halides is 1. The van der Waals surface area contributed by atoms with Crippen LogP contribution < -0.4 is 4.90 Å². The Balaban J connectivity index is 1.56. The van der Waals surface area contributed by atoms with E-state index >= 15 is 0 Å². The number of hydrogen-bond acceptors (Lipinski definition) is 5. The number of halogens is 1. The molecule has 1 aromatic rings. The van der Waals surface area contributed by atoms with Crippen LogP contribution in [0.15, 0.2) is 24.4 Å². The summed E-state index contributed by atoms with van der Waals surface area (Å²) in [6, 6.07) is 5.33. The maximum atomic E-state index is 14.6. The van der Waals surface area contributed by atoms with Crippen LogP contribution in [-0.2, 0) is 19.1 Å². The number of rotatable bonds is 2. The van der Waals surface area contributed by atoms with Gasteiger partial charge in [-0.3, -0.25) is 14.5 Å². The molecule has 1 saturated carbocycles. The third-order valence-electron chi connectivity index (χ3n) is 5.34. The van der Waals surface area contributed by atoms with Gasteiger partial charge in [0.15, 0.2) is 5.67 Å². The highest BCUT2D eigenvalue weighted by Gasteiger charge is 2.50. The molecule has 140 valence electrons. The van der Waals surface area contributed by atoms with Gasteiger partial charge in [-0.25, -0.2) is 9.37 Å². The molecule has 3 heterocycles. The van der Waals surface area contributed by atoms with Crippen molar-refractivity contribution >= 4 is 17.6 Å². The average molecular weight is 363 g/mol. The van der Waals surface area contributed by atoms with E-state index in [4.69, 9.17) is 9.47 Å². The molecule has 1 aromatic heterocycles. The van der Waals surface area contributed by atoms with Crippen LogP contribution in [-0.4, -0.2) is 72.4 Å². The van der Waals surface area contributed by atoms with Crippen LogP contribution in [0.5, 0.6) is 0 Å². The molecule has 0 radical (unpaired) electrons. The first kappa shape index (κ1) is 17.4. The molecule has 4 rings (SSSR count). The minimum atomic E-state index is -1.75. The van der Waals surface area contributed by atoms with E-state index in [0.717, 1.165) is 6.42 Å². The fourth-order valence-corrected chi connectivity index (χ4v) is 3.68. The summed E-state index contributed by atoms with van der Waals surface area (Å²) in [5, 5.41) is 0. The summed E-state index contributed by atoms with van der Waals surface area (Å²) in [5.41, 5.74) is -2.63. The van der Waals surface area contributed by atoms with Crippen LogP contribution in [0.4, 0.5) is 10.2 Å². The Morgan fingerprint density at radius 2 is 2.12 bits per heavy atom. The predicted molar refractivity (Wildman–Crippen MR) is 90.4 cm³/mol. The second-order valence-electron chi connectivity index (χ2n) is 7.24. The van der Waals surface area contributed by atoms with Crippen molar-refractivity contribution in [2.75, 3.05) is 44.4 Å². The summed E-state index contributed by atoms with van der Waals surface area (Å²) in [5.74, 6) is -0.154. The lowest BCUT2D eigenvalue weighted by Gasteiger charge is -2.44. The molecular formula is C18H22FN3O4. The topological polar surface area (TPSA) is 72.0 Å². The van der Waals surface area contributed by atoms with E-state index in [2.05, 4.69) is 4.98 Å². The molecule has 1 spiro atoms. The summed E-state index contributed by atoms with van der Waals surface area (Å²) in [4.78, 5) is 32.2. The van der Waals surface area contributed by atoms with E-state index < -0.39 is 17.2 Å². The monoisotopic (exact) mass is 363 g/mol. The first-order valence-corrected chi connectivity index (χ1v) is 8.93. The molecule has 2 saturated heterocycles. The Morgan fingerprint density at radius 3 is 2.81 bits per heavy atom. The van der Waals surface area contributed by atoms with Gasteiger partial charge in [-0.2, -0.15) is 0 Å². The number of morpholine rings is 1. The lowest BCUT2D eigenvalue weighted by molar-refractivity contribution is -0.158. The lowest BCUT2D eigenvalue weighted by Crippen LogP contribution is -2.63. The molecule has 0 N–H and O–H groups in total. The quantitative estimate of drug-likeness (QED) is 0.782. The van der Waals surface area contributed by atoms with Crippen molar-refractivity contribution in [3.63, 3.8) is 0 Å². The Bertz CT molecular complexity index is 697. The molecule has 7 nitrogen and oxygen atoms in total. The van der Waals surface area contributed by atoms with Crippen molar-refractivity contribution in [1.82, 2.24) is 9.88 Å². The first-order valence-electron chi connectivity index (χ1n) is 8.93. The highest BCUT2D eigenvalue weighted by atomic mass is 19.1. The minimum absolute atomic E-state index is 0.122. The number of anilines is 1. The highest BCUT2D eigenvalue weighted by Crippen LogP contribution is 2.38. The van der Waals surface area contributed by atoms with Gasteiger partial charge < -0.3 is 14.4 Å². The van der Waals surface area contributed by atoms with Gasteiger partial charge >= 0.3 is 0 Å². The minimum Gasteiger partial charge on any atom is -0.376 e. The van der Waals surface area contributed by atoms with Crippen LogP contribution >= 0.6 is 0 Å². The smallest absolute Gasteiger partial charge is 0.260 e. The van der Waals surface area contributed by atoms with E-state index in [1.807, 2.05) is 0 Å². The lowest BCUT2D eigenvalue weighted by atomic mass is 9.80. The van der Waals surface area contributed by atoms with Crippen molar-refractivity contribution in [2.45, 2.75) is 30.5 Å². The van der Waals surface area contributed by atoms with Gasteiger partial charge in [0.05, 0.1) is 26.3 Å². The Morgan fingerprint density at radius 1 is 1.27 bits per heavy atom. The SMILES string of the molecule is O=C1COC2(COCCN(C(=O)C3(F)CCC3)C2)CN1c1ccccn1. The molecular weight excluding hydrogens is 341 g/mol. The van der Waals surface area contributed by atoms with Crippen molar-refractivity contribution in [3.05, 3.63) is 24.4 Å². The number of carbonyl (C=O) groups excluding carboxylic acids is 2. The van der Waals surface area contributed by atoms with Crippen LogP contribution in [0, 0.1) is 0 Å². The Labute approximate surface area is 151 Å². The van der Waals surface area contributed by atoms with Gasteiger partial charge in [-0.15, -0.1) is 0 Å². The Kier molecular flexibility index (Phi) is 4.40.